The molecule has 0 saturated carbocycles. The predicted molar refractivity (Wildman–Crippen MR) is 121 cm³/mol. The summed E-state index contributed by atoms with van der Waals surface area (Å²) in [6.07, 6.45) is 4.48. The summed E-state index contributed by atoms with van der Waals surface area (Å²) in [5.41, 5.74) is 0.342. The van der Waals surface area contributed by atoms with Crippen LogP contribution < -0.4 is 14.8 Å². The van der Waals surface area contributed by atoms with E-state index in [2.05, 4.69) is 15.4 Å². The van der Waals surface area contributed by atoms with E-state index < -0.39 is 17.3 Å². The number of anilines is 1. The topological polar surface area (TPSA) is 98.6 Å². The van der Waals surface area contributed by atoms with Crippen molar-refractivity contribution < 1.29 is 23.5 Å². The number of likely N-dealkylation sites (tertiary alicyclic amines) is 1. The third-order valence-corrected chi connectivity index (χ3v) is 5.76. The lowest BCUT2D eigenvalue weighted by Crippen LogP contribution is -2.42. The van der Waals surface area contributed by atoms with E-state index in [1.807, 2.05) is 13.8 Å². The van der Waals surface area contributed by atoms with Crippen molar-refractivity contribution in [2.24, 2.45) is 7.05 Å². The Balaban J connectivity index is 1.44. The van der Waals surface area contributed by atoms with Crippen molar-refractivity contribution in [1.29, 1.82) is 0 Å². The highest BCUT2D eigenvalue weighted by atomic mass is 19.1. The molecule has 1 saturated heterocycles. The second kappa shape index (κ2) is 8.12. The van der Waals surface area contributed by atoms with E-state index in [0.717, 1.165) is 18.1 Å². The van der Waals surface area contributed by atoms with Crippen LogP contribution in [0.1, 0.15) is 46.7 Å². The minimum absolute atomic E-state index is 0.117. The lowest BCUT2D eigenvalue weighted by molar-refractivity contribution is 0.0640. The number of pyridine rings is 1. The Morgan fingerprint density at radius 3 is 2.68 bits per heavy atom. The summed E-state index contributed by atoms with van der Waals surface area (Å²) in [4.78, 5) is 30.7. The van der Waals surface area contributed by atoms with Gasteiger partial charge in [-0.25, -0.2) is 9.37 Å². The third kappa shape index (κ3) is 4.18. The van der Waals surface area contributed by atoms with Crippen molar-refractivity contribution in [1.82, 2.24) is 19.7 Å². The first kappa shape index (κ1) is 21.9. The Morgan fingerprint density at radius 2 is 2.03 bits per heavy atom. The maximum Gasteiger partial charge on any atom is 0.275 e. The molecule has 0 radical (unpaired) electrons. The molecule has 3 aromatic rings. The Hall–Kier alpha value is -3.95. The largest absolute Gasteiger partial charge is 0.487 e. The molecule has 0 unspecified atom stereocenters. The van der Waals surface area contributed by atoms with Crippen LogP contribution >= 0.6 is 0 Å². The van der Waals surface area contributed by atoms with Gasteiger partial charge in [-0.05, 0) is 32.4 Å². The molecule has 2 aliphatic heterocycles. The quantitative estimate of drug-likeness (QED) is 0.619. The van der Waals surface area contributed by atoms with E-state index in [1.165, 1.54) is 6.20 Å². The second-order valence-corrected chi connectivity index (χ2v) is 9.07. The van der Waals surface area contributed by atoms with E-state index >= 15 is 0 Å². The number of amides is 2. The van der Waals surface area contributed by atoms with Crippen LogP contribution in [0.3, 0.4) is 0 Å². The summed E-state index contributed by atoms with van der Waals surface area (Å²) >= 11 is 0. The van der Waals surface area contributed by atoms with E-state index in [9.17, 15) is 14.0 Å². The molecule has 5 rings (SSSR count). The van der Waals surface area contributed by atoms with Gasteiger partial charge in [0.05, 0.1) is 6.20 Å². The minimum atomic E-state index is -0.758. The third-order valence-electron chi connectivity index (χ3n) is 5.76. The molecule has 0 bridgehead atoms. The standard InChI is InChI=1S/C24H24FN5O4/c1-24(2)12-16-18(33-15-11-17(25)21(26-13-15)23(32)30-6-4-7-30)9-14(10-19(16)34-24)22(31)27-20-5-8-29(3)28-20/h5,8-11,13H,4,6-7,12H2,1-3H3,(H,27,28,31). The number of nitrogens with zero attached hydrogens (tertiary/aromatic N) is 4. The molecule has 176 valence electrons. The fraction of sp³-hybridized carbons (Fsp3) is 0.333. The Labute approximate surface area is 195 Å². The predicted octanol–water partition coefficient (Wildman–Crippen LogP) is 3.56. The van der Waals surface area contributed by atoms with Crippen LogP contribution in [0.4, 0.5) is 10.2 Å². The maximum absolute atomic E-state index is 14.7. The number of carbonyl (C=O) groups is 2. The normalized spacial score (nSPS) is 15.8. The van der Waals surface area contributed by atoms with Crippen molar-refractivity contribution >= 4 is 17.6 Å². The van der Waals surface area contributed by atoms with E-state index in [4.69, 9.17) is 9.47 Å². The van der Waals surface area contributed by atoms with Gasteiger partial charge in [0.25, 0.3) is 11.8 Å². The number of fused-ring (bicyclic) bond motifs is 1. The van der Waals surface area contributed by atoms with Crippen LogP contribution in [0.2, 0.25) is 0 Å². The average Bonchev–Trinajstić information content (AvgIpc) is 3.27. The number of aryl methyl sites for hydroxylation is 1. The van der Waals surface area contributed by atoms with Gasteiger partial charge in [0.2, 0.25) is 0 Å². The molecule has 2 aliphatic rings. The van der Waals surface area contributed by atoms with Crippen LogP contribution in [0.15, 0.2) is 36.7 Å². The van der Waals surface area contributed by atoms with Gasteiger partial charge in [-0.1, -0.05) is 0 Å². The number of halogens is 1. The summed E-state index contributed by atoms with van der Waals surface area (Å²) in [6.45, 7) is 5.07. The summed E-state index contributed by atoms with van der Waals surface area (Å²) in [5.74, 6) is -0.174. The van der Waals surface area contributed by atoms with Crippen molar-refractivity contribution in [2.45, 2.75) is 32.3 Å². The van der Waals surface area contributed by atoms with Gasteiger partial charge in [-0.15, -0.1) is 0 Å². The number of rotatable bonds is 5. The molecular weight excluding hydrogens is 441 g/mol. The fourth-order valence-electron chi connectivity index (χ4n) is 3.97. The number of aromatic nitrogens is 3. The minimum Gasteiger partial charge on any atom is -0.487 e. The van der Waals surface area contributed by atoms with Gasteiger partial charge >= 0.3 is 0 Å². The second-order valence-electron chi connectivity index (χ2n) is 9.07. The van der Waals surface area contributed by atoms with Crippen LogP contribution in [-0.4, -0.2) is 50.2 Å². The lowest BCUT2D eigenvalue weighted by Gasteiger charge is -2.30. The van der Waals surface area contributed by atoms with E-state index in [-0.39, 0.29) is 17.4 Å². The first-order valence-corrected chi connectivity index (χ1v) is 11.0. The highest BCUT2D eigenvalue weighted by molar-refractivity contribution is 6.04. The number of nitrogens with one attached hydrogen (secondary N) is 1. The summed E-state index contributed by atoms with van der Waals surface area (Å²) in [6, 6.07) is 6.05. The molecule has 0 aliphatic carbocycles. The zero-order chi connectivity index (χ0) is 24.0. The average molecular weight is 465 g/mol. The Morgan fingerprint density at radius 1 is 1.24 bits per heavy atom. The van der Waals surface area contributed by atoms with Gasteiger partial charge in [0.1, 0.15) is 22.8 Å². The van der Waals surface area contributed by atoms with Crippen LogP contribution in [0, 0.1) is 5.82 Å². The molecule has 4 heterocycles. The number of benzene rings is 1. The van der Waals surface area contributed by atoms with E-state index in [1.54, 1.807) is 41.0 Å². The summed E-state index contributed by atoms with van der Waals surface area (Å²) in [5, 5.41) is 6.89. The SMILES string of the molecule is Cn1ccc(NC(=O)c2cc(Oc3cnc(C(=O)N4CCC4)c(F)c3)c3c(c2)OC(C)(C)C3)n1. The van der Waals surface area contributed by atoms with Gasteiger partial charge in [-0.2, -0.15) is 5.10 Å². The molecule has 34 heavy (non-hydrogen) atoms. The smallest absolute Gasteiger partial charge is 0.275 e. The van der Waals surface area contributed by atoms with E-state index in [0.29, 0.717) is 42.4 Å². The van der Waals surface area contributed by atoms with Crippen LogP contribution in [-0.2, 0) is 13.5 Å². The first-order chi connectivity index (χ1) is 16.2. The maximum atomic E-state index is 14.7. The molecule has 1 fully saturated rings. The van der Waals surface area contributed by atoms with Crippen molar-refractivity contribution in [2.75, 3.05) is 18.4 Å². The van der Waals surface area contributed by atoms with Crippen molar-refractivity contribution in [3.05, 3.63) is 59.3 Å². The molecule has 2 aromatic heterocycles. The lowest BCUT2D eigenvalue weighted by atomic mass is 9.99. The number of carbonyl (C=O) groups excluding carboxylic acids is 2. The Kier molecular flexibility index (Phi) is 5.22. The number of hydrogen-bond donors (Lipinski definition) is 1. The highest BCUT2D eigenvalue weighted by Gasteiger charge is 2.34. The van der Waals surface area contributed by atoms with Crippen molar-refractivity contribution in [3.63, 3.8) is 0 Å². The highest BCUT2D eigenvalue weighted by Crippen LogP contribution is 2.43. The summed E-state index contributed by atoms with van der Waals surface area (Å²) < 4.78 is 28.3. The fourth-order valence-corrected chi connectivity index (χ4v) is 3.97. The zero-order valence-electron chi connectivity index (χ0n) is 19.1. The molecule has 9 nitrogen and oxygen atoms in total. The molecule has 0 atom stereocenters. The molecule has 1 aromatic carbocycles. The molecule has 10 heteroatoms. The van der Waals surface area contributed by atoms with Crippen LogP contribution in [0.5, 0.6) is 17.2 Å². The van der Waals surface area contributed by atoms with Crippen LogP contribution in [0.25, 0.3) is 0 Å². The zero-order valence-corrected chi connectivity index (χ0v) is 19.1. The van der Waals surface area contributed by atoms with Gasteiger partial charge < -0.3 is 19.7 Å². The monoisotopic (exact) mass is 465 g/mol. The summed E-state index contributed by atoms with van der Waals surface area (Å²) in [7, 11) is 1.75. The number of hydrogen-bond acceptors (Lipinski definition) is 6. The van der Waals surface area contributed by atoms with Gasteiger partial charge in [0.15, 0.2) is 17.3 Å². The molecule has 2 amide bonds. The Bertz CT molecular complexity index is 1300. The molecular formula is C24H24FN5O4. The van der Waals surface area contributed by atoms with Crippen molar-refractivity contribution in [3.8, 4) is 17.2 Å². The number of ether oxygens (including phenoxy) is 2. The molecule has 1 N–H and O–H groups in total. The van der Waals surface area contributed by atoms with Gasteiger partial charge in [-0.3, -0.25) is 14.3 Å². The molecule has 0 spiro atoms. The van der Waals surface area contributed by atoms with Gasteiger partial charge in [0, 0.05) is 56.0 Å². The first-order valence-electron chi connectivity index (χ1n) is 11.0.